The molecule has 0 aromatic heterocycles. The topological polar surface area (TPSA) is 91.7 Å². The van der Waals surface area contributed by atoms with Crippen molar-refractivity contribution in [2.75, 3.05) is 0 Å². The molecule has 1 saturated carbocycles. The van der Waals surface area contributed by atoms with Gasteiger partial charge in [0, 0.05) is 31.6 Å². The van der Waals surface area contributed by atoms with Crippen molar-refractivity contribution in [1.82, 2.24) is 0 Å². The van der Waals surface area contributed by atoms with Crippen LogP contribution in [0.15, 0.2) is 12.2 Å². The number of aliphatic hydroxyl groups is 1. The largest absolute Gasteiger partial charge is 0.481 e. The Balaban J connectivity index is 2.54. The molecule has 7 heteroatoms. The molecular formula is C21H32F2O5. The molecule has 1 aliphatic carbocycles. The molecular weight excluding hydrogens is 370 g/mol. The van der Waals surface area contributed by atoms with Crippen molar-refractivity contribution in [2.45, 2.75) is 83.7 Å². The van der Waals surface area contributed by atoms with Crippen LogP contribution < -0.4 is 0 Å². The Morgan fingerprint density at radius 2 is 1.93 bits per heavy atom. The first-order chi connectivity index (χ1) is 13.0. The van der Waals surface area contributed by atoms with Gasteiger partial charge in [-0.05, 0) is 43.9 Å². The molecule has 0 radical (unpaired) electrons. The van der Waals surface area contributed by atoms with Gasteiger partial charge < -0.3 is 10.2 Å². The van der Waals surface area contributed by atoms with Gasteiger partial charge in [0.1, 0.15) is 5.78 Å². The van der Waals surface area contributed by atoms with Gasteiger partial charge >= 0.3 is 11.9 Å². The standard InChI is InChI=1S/C21H32F2O5/c1-14(2)11-12-21(22,23)19(26)10-9-16-15(17(24)13-18(16)25)7-5-3-4-6-8-20(27)28/h3,5,14-16,18,25H,4,6-13H2,1-2H3,(H,27,28)/b5-3-/t15-,16-,18-/m1/s1. The van der Waals surface area contributed by atoms with Gasteiger partial charge in [-0.15, -0.1) is 0 Å². The first-order valence-electron chi connectivity index (χ1n) is 10.0. The molecule has 28 heavy (non-hydrogen) atoms. The molecule has 0 bridgehead atoms. The number of hydrogen-bond acceptors (Lipinski definition) is 4. The molecule has 0 saturated heterocycles. The van der Waals surface area contributed by atoms with Crippen LogP contribution in [-0.2, 0) is 14.4 Å². The van der Waals surface area contributed by atoms with Crippen molar-refractivity contribution in [3.63, 3.8) is 0 Å². The Morgan fingerprint density at radius 3 is 2.54 bits per heavy atom. The van der Waals surface area contributed by atoms with Gasteiger partial charge in [0.25, 0.3) is 0 Å². The van der Waals surface area contributed by atoms with E-state index in [9.17, 15) is 28.3 Å². The Kier molecular flexibility index (Phi) is 9.93. The summed E-state index contributed by atoms with van der Waals surface area (Å²) in [5, 5.41) is 18.7. The Labute approximate surface area is 165 Å². The number of carboxylic acids is 1. The molecule has 3 atom stereocenters. The second-order valence-electron chi connectivity index (χ2n) is 8.10. The monoisotopic (exact) mass is 402 g/mol. The van der Waals surface area contributed by atoms with Crippen molar-refractivity contribution in [3.05, 3.63) is 12.2 Å². The van der Waals surface area contributed by atoms with Gasteiger partial charge in [0.15, 0.2) is 0 Å². The average molecular weight is 402 g/mol. The molecule has 0 aromatic carbocycles. The molecule has 2 N–H and O–H groups in total. The number of carbonyl (C=O) groups is 3. The van der Waals surface area contributed by atoms with Crippen molar-refractivity contribution in [3.8, 4) is 0 Å². The molecule has 0 amide bonds. The molecule has 160 valence electrons. The first-order valence-corrected chi connectivity index (χ1v) is 10.0. The van der Waals surface area contributed by atoms with Crippen LogP contribution >= 0.6 is 0 Å². The van der Waals surface area contributed by atoms with E-state index in [1.165, 1.54) is 0 Å². The number of allylic oxidation sites excluding steroid dienone is 2. The van der Waals surface area contributed by atoms with Crippen LogP contribution in [0.3, 0.4) is 0 Å². The summed E-state index contributed by atoms with van der Waals surface area (Å²) in [5.74, 6) is -6.37. The van der Waals surface area contributed by atoms with Gasteiger partial charge in [-0.3, -0.25) is 14.4 Å². The number of halogens is 2. The maximum absolute atomic E-state index is 14.0. The molecule has 1 aliphatic rings. The number of aliphatic hydroxyl groups excluding tert-OH is 1. The van der Waals surface area contributed by atoms with Crippen LogP contribution in [0.2, 0.25) is 0 Å². The second kappa shape index (κ2) is 11.4. The van der Waals surface area contributed by atoms with E-state index in [4.69, 9.17) is 5.11 Å². The zero-order valence-corrected chi connectivity index (χ0v) is 16.7. The lowest BCUT2D eigenvalue weighted by molar-refractivity contribution is -0.145. The van der Waals surface area contributed by atoms with Crippen LogP contribution in [-0.4, -0.2) is 39.8 Å². The molecule has 0 aromatic rings. The number of rotatable bonds is 13. The molecule has 0 aliphatic heterocycles. The van der Waals surface area contributed by atoms with Gasteiger partial charge in [-0.1, -0.05) is 26.0 Å². The molecule has 1 rings (SSSR count). The van der Waals surface area contributed by atoms with Crippen molar-refractivity contribution in [2.24, 2.45) is 17.8 Å². The van der Waals surface area contributed by atoms with E-state index in [1.54, 1.807) is 12.2 Å². The van der Waals surface area contributed by atoms with Gasteiger partial charge in [-0.2, -0.15) is 8.78 Å². The van der Waals surface area contributed by atoms with Crippen LogP contribution in [0.4, 0.5) is 8.78 Å². The highest BCUT2D eigenvalue weighted by atomic mass is 19.3. The number of alkyl halides is 2. The van der Waals surface area contributed by atoms with E-state index in [0.29, 0.717) is 19.3 Å². The maximum atomic E-state index is 14.0. The van der Waals surface area contributed by atoms with E-state index < -0.39 is 42.0 Å². The second-order valence-corrected chi connectivity index (χ2v) is 8.10. The highest BCUT2D eigenvalue weighted by molar-refractivity contribution is 5.86. The third-order valence-corrected chi connectivity index (χ3v) is 5.30. The number of carbonyl (C=O) groups excluding carboxylic acids is 2. The maximum Gasteiger partial charge on any atom is 0.305 e. The predicted molar refractivity (Wildman–Crippen MR) is 101 cm³/mol. The summed E-state index contributed by atoms with van der Waals surface area (Å²) in [7, 11) is 0. The SMILES string of the molecule is CC(C)CCC(F)(F)C(=O)CC[C@H]1[C@H](O)CC(=O)[C@@H]1C/C=C\CCCC(=O)O. The number of carboxylic acid groups (broad SMARTS) is 1. The van der Waals surface area contributed by atoms with E-state index in [1.807, 2.05) is 13.8 Å². The van der Waals surface area contributed by atoms with Crippen LogP contribution in [0.25, 0.3) is 0 Å². The summed E-state index contributed by atoms with van der Waals surface area (Å²) < 4.78 is 27.9. The highest BCUT2D eigenvalue weighted by Gasteiger charge is 2.43. The first kappa shape index (κ1) is 24.4. The summed E-state index contributed by atoms with van der Waals surface area (Å²) in [6, 6.07) is 0. The number of aliphatic carboxylic acids is 1. The summed E-state index contributed by atoms with van der Waals surface area (Å²) in [5.41, 5.74) is 0. The van der Waals surface area contributed by atoms with Gasteiger partial charge in [-0.25, -0.2) is 0 Å². The van der Waals surface area contributed by atoms with E-state index in [0.717, 1.165) is 0 Å². The summed E-state index contributed by atoms with van der Waals surface area (Å²) >= 11 is 0. The minimum atomic E-state index is -3.36. The van der Waals surface area contributed by atoms with Crippen molar-refractivity contribution < 1.29 is 33.4 Å². The minimum absolute atomic E-state index is 0.0138. The molecule has 0 heterocycles. The number of unbranched alkanes of at least 4 members (excludes halogenated alkanes) is 1. The number of hydrogen-bond donors (Lipinski definition) is 2. The molecule has 0 unspecified atom stereocenters. The van der Waals surface area contributed by atoms with E-state index >= 15 is 0 Å². The Morgan fingerprint density at radius 1 is 1.25 bits per heavy atom. The summed E-state index contributed by atoms with van der Waals surface area (Å²) in [6.07, 6.45) is 3.66. The average Bonchev–Trinajstić information content (AvgIpc) is 2.86. The lowest BCUT2D eigenvalue weighted by Crippen LogP contribution is -2.30. The summed E-state index contributed by atoms with van der Waals surface area (Å²) in [4.78, 5) is 34.5. The third-order valence-electron chi connectivity index (χ3n) is 5.30. The molecule has 1 fully saturated rings. The van der Waals surface area contributed by atoms with Crippen molar-refractivity contribution in [1.29, 1.82) is 0 Å². The van der Waals surface area contributed by atoms with Crippen LogP contribution in [0.5, 0.6) is 0 Å². The lowest BCUT2D eigenvalue weighted by Gasteiger charge is -2.21. The minimum Gasteiger partial charge on any atom is -0.481 e. The van der Waals surface area contributed by atoms with E-state index in [-0.39, 0.29) is 43.8 Å². The zero-order chi connectivity index (χ0) is 21.3. The zero-order valence-electron chi connectivity index (χ0n) is 16.7. The third kappa shape index (κ3) is 8.17. The van der Waals surface area contributed by atoms with Gasteiger partial charge in [0.05, 0.1) is 6.10 Å². The summed E-state index contributed by atoms with van der Waals surface area (Å²) in [6.45, 7) is 3.64. The van der Waals surface area contributed by atoms with E-state index in [2.05, 4.69) is 0 Å². The quantitative estimate of drug-likeness (QED) is 0.356. The fourth-order valence-electron chi connectivity index (χ4n) is 3.54. The smallest absolute Gasteiger partial charge is 0.305 e. The predicted octanol–water partition coefficient (Wildman–Crippen LogP) is 4.17. The molecule has 0 spiro atoms. The van der Waals surface area contributed by atoms with Crippen LogP contribution in [0, 0.1) is 17.8 Å². The highest BCUT2D eigenvalue weighted by Crippen LogP contribution is 2.36. The Bertz CT molecular complexity index is 571. The fourth-order valence-corrected chi connectivity index (χ4v) is 3.54. The van der Waals surface area contributed by atoms with Crippen molar-refractivity contribution >= 4 is 17.5 Å². The number of ketones is 2. The van der Waals surface area contributed by atoms with Gasteiger partial charge in [0.2, 0.25) is 5.78 Å². The normalized spacial score (nSPS) is 23.1. The Hall–Kier alpha value is -1.63. The molecule has 5 nitrogen and oxygen atoms in total. The lowest BCUT2D eigenvalue weighted by atomic mass is 9.86. The fraction of sp³-hybridized carbons (Fsp3) is 0.762. The van der Waals surface area contributed by atoms with Crippen LogP contribution in [0.1, 0.15) is 71.6 Å². The number of Topliss-reactive ketones (excluding diaryl/α,β-unsaturated/α-hetero) is 2.